The predicted octanol–water partition coefficient (Wildman–Crippen LogP) is 2.12. The quantitative estimate of drug-likeness (QED) is 0.848. The van der Waals surface area contributed by atoms with Crippen molar-refractivity contribution in [3.63, 3.8) is 0 Å². The molecule has 0 bridgehead atoms. The first-order valence-corrected chi connectivity index (χ1v) is 9.02. The summed E-state index contributed by atoms with van der Waals surface area (Å²) < 4.78 is 16.4. The largest absolute Gasteiger partial charge is 0.299 e. The van der Waals surface area contributed by atoms with Gasteiger partial charge in [0.25, 0.3) is 5.56 Å². The van der Waals surface area contributed by atoms with E-state index in [4.69, 9.17) is 11.6 Å². The molecule has 0 saturated heterocycles. The highest BCUT2D eigenvalue weighted by molar-refractivity contribution is 7.86. The molecule has 1 aliphatic rings. The molecule has 2 atom stereocenters. The first kappa shape index (κ1) is 16.7. The number of aromatic nitrogens is 4. The van der Waals surface area contributed by atoms with Crippen LogP contribution >= 0.6 is 11.6 Å². The summed E-state index contributed by atoms with van der Waals surface area (Å²) >= 11 is 5.99. The third-order valence-electron chi connectivity index (χ3n) is 3.64. The Bertz CT molecular complexity index is 872. The van der Waals surface area contributed by atoms with Crippen molar-refractivity contribution in [1.82, 2.24) is 19.7 Å². The molecule has 24 heavy (non-hydrogen) atoms. The zero-order valence-corrected chi connectivity index (χ0v) is 14.5. The molecule has 0 saturated carbocycles. The number of aromatic amines is 1. The minimum absolute atomic E-state index is 0.155. The Morgan fingerprint density at radius 2 is 2.33 bits per heavy atom. The summed E-state index contributed by atoms with van der Waals surface area (Å²) in [6.07, 6.45) is 9.05. The van der Waals surface area contributed by atoms with Crippen molar-refractivity contribution >= 4 is 28.3 Å². The second kappa shape index (κ2) is 7.14. The summed E-state index contributed by atoms with van der Waals surface area (Å²) in [4.78, 5) is 18.8. The Hall–Kier alpha value is -2.19. The number of hydrogen-bond donors (Lipinski definition) is 2. The molecule has 2 N–H and O–H groups in total. The smallest absolute Gasteiger partial charge is 0.276 e. The Kier molecular flexibility index (Phi) is 4.96. The molecule has 2 aromatic rings. The van der Waals surface area contributed by atoms with Gasteiger partial charge >= 0.3 is 0 Å². The number of allylic oxidation sites excluding steroid dienone is 3. The minimum Gasteiger partial charge on any atom is -0.299 e. The number of H-pyrrole nitrogens is 1. The summed E-state index contributed by atoms with van der Waals surface area (Å²) in [5.41, 5.74) is 0.780. The van der Waals surface area contributed by atoms with Gasteiger partial charge in [-0.2, -0.15) is 5.10 Å². The molecule has 7 nitrogen and oxygen atoms in total. The highest BCUT2D eigenvalue weighted by Gasteiger charge is 2.17. The van der Waals surface area contributed by atoms with E-state index in [-0.39, 0.29) is 11.6 Å². The van der Waals surface area contributed by atoms with E-state index in [1.807, 2.05) is 19.1 Å². The van der Waals surface area contributed by atoms with E-state index in [0.29, 0.717) is 11.7 Å². The summed E-state index contributed by atoms with van der Waals surface area (Å²) in [7, 11) is -1.43. The van der Waals surface area contributed by atoms with Crippen molar-refractivity contribution in [2.24, 2.45) is 5.92 Å². The molecular weight excluding hydrogens is 350 g/mol. The molecule has 0 fully saturated rings. The summed E-state index contributed by atoms with van der Waals surface area (Å²) in [5, 5.41) is 4.78. The Morgan fingerprint density at radius 3 is 3.00 bits per heavy atom. The third kappa shape index (κ3) is 3.82. The zero-order chi connectivity index (χ0) is 17.1. The predicted molar refractivity (Wildman–Crippen MR) is 94.4 cm³/mol. The van der Waals surface area contributed by atoms with Crippen LogP contribution in [0.15, 0.2) is 52.2 Å². The molecular formula is C15H16ClN5O2S. The van der Waals surface area contributed by atoms with E-state index < -0.39 is 16.5 Å². The molecule has 2 heterocycles. The summed E-state index contributed by atoms with van der Waals surface area (Å²) in [5.74, 6) is 0.846. The van der Waals surface area contributed by atoms with Gasteiger partial charge < -0.3 is 0 Å². The number of halogens is 1. The van der Waals surface area contributed by atoms with Gasteiger partial charge in [0.1, 0.15) is 16.7 Å². The standard InChI is InChI=1S/C15H16ClN5O2S/c1-10-7-12(16)4-3-11(10)9-24(23)20-13-8-17-15(19-14(13)22)21-6-2-5-18-21/h2-6,8,10,20H,7,9H2,1H3,(H,17,19,22). The maximum Gasteiger partial charge on any atom is 0.276 e. The number of nitrogens with one attached hydrogen (secondary N) is 2. The fourth-order valence-electron chi connectivity index (χ4n) is 2.32. The minimum atomic E-state index is -1.43. The van der Waals surface area contributed by atoms with Crippen LogP contribution in [0.2, 0.25) is 0 Å². The van der Waals surface area contributed by atoms with E-state index in [1.54, 1.807) is 18.5 Å². The van der Waals surface area contributed by atoms with Crippen molar-refractivity contribution in [2.75, 3.05) is 10.5 Å². The van der Waals surface area contributed by atoms with Crippen molar-refractivity contribution in [2.45, 2.75) is 13.3 Å². The molecule has 2 aromatic heterocycles. The van der Waals surface area contributed by atoms with Crippen LogP contribution < -0.4 is 10.3 Å². The zero-order valence-electron chi connectivity index (χ0n) is 12.9. The number of nitrogens with zero attached hydrogens (tertiary/aromatic N) is 3. The monoisotopic (exact) mass is 365 g/mol. The number of anilines is 1. The normalized spacial score (nSPS) is 18.7. The molecule has 126 valence electrons. The SMILES string of the molecule is CC1CC(Cl)=CC=C1CS(=O)Nc1cnc(-n2cccn2)[nH]c1=O. The van der Waals surface area contributed by atoms with Gasteiger partial charge in [-0.25, -0.2) is 13.9 Å². The second-order valence-corrected chi connectivity index (χ2v) is 7.12. The topological polar surface area (TPSA) is 92.7 Å². The highest BCUT2D eigenvalue weighted by Crippen LogP contribution is 2.27. The van der Waals surface area contributed by atoms with Crippen LogP contribution in [0, 0.1) is 5.92 Å². The average Bonchev–Trinajstić information content (AvgIpc) is 3.06. The van der Waals surface area contributed by atoms with Gasteiger partial charge in [-0.1, -0.05) is 30.2 Å². The van der Waals surface area contributed by atoms with Crippen molar-refractivity contribution in [1.29, 1.82) is 0 Å². The van der Waals surface area contributed by atoms with Crippen LogP contribution in [0.1, 0.15) is 13.3 Å². The number of rotatable bonds is 5. The third-order valence-corrected chi connectivity index (χ3v) is 4.96. The van der Waals surface area contributed by atoms with Gasteiger partial charge in [-0.05, 0) is 24.5 Å². The number of hydrogen-bond acceptors (Lipinski definition) is 4. The van der Waals surface area contributed by atoms with Gasteiger partial charge in [0, 0.05) is 17.4 Å². The van der Waals surface area contributed by atoms with Crippen LogP contribution in [0.25, 0.3) is 5.95 Å². The van der Waals surface area contributed by atoms with E-state index >= 15 is 0 Å². The van der Waals surface area contributed by atoms with Gasteiger partial charge in [0.05, 0.1) is 11.9 Å². The van der Waals surface area contributed by atoms with Crippen LogP contribution in [0.5, 0.6) is 0 Å². The second-order valence-electron chi connectivity index (χ2n) is 5.45. The molecule has 0 aromatic carbocycles. The molecule has 0 aliphatic heterocycles. The first-order valence-electron chi connectivity index (χ1n) is 7.32. The average molecular weight is 366 g/mol. The van der Waals surface area contributed by atoms with Crippen LogP contribution in [-0.4, -0.2) is 29.7 Å². The van der Waals surface area contributed by atoms with Gasteiger partial charge in [-0.3, -0.25) is 14.5 Å². The fourth-order valence-corrected chi connectivity index (χ4v) is 3.76. The highest BCUT2D eigenvalue weighted by atomic mass is 35.5. The van der Waals surface area contributed by atoms with E-state index in [9.17, 15) is 9.00 Å². The van der Waals surface area contributed by atoms with Crippen LogP contribution in [0.4, 0.5) is 5.69 Å². The first-order chi connectivity index (χ1) is 11.5. The lowest BCUT2D eigenvalue weighted by molar-refractivity contribution is 0.666. The van der Waals surface area contributed by atoms with E-state index in [0.717, 1.165) is 17.0 Å². The van der Waals surface area contributed by atoms with Crippen LogP contribution in [-0.2, 0) is 11.0 Å². The molecule has 9 heteroatoms. The van der Waals surface area contributed by atoms with Crippen LogP contribution in [0.3, 0.4) is 0 Å². The fraction of sp³-hybridized carbons (Fsp3) is 0.267. The lowest BCUT2D eigenvalue weighted by Crippen LogP contribution is -2.22. The lowest BCUT2D eigenvalue weighted by Gasteiger charge is -2.18. The molecule has 0 amide bonds. The molecule has 0 radical (unpaired) electrons. The Balaban J connectivity index is 1.70. The molecule has 1 aliphatic carbocycles. The molecule has 0 spiro atoms. The molecule has 3 rings (SSSR count). The van der Waals surface area contributed by atoms with Crippen molar-refractivity contribution in [3.8, 4) is 5.95 Å². The molecule has 2 unspecified atom stereocenters. The van der Waals surface area contributed by atoms with E-state index in [1.165, 1.54) is 10.9 Å². The maximum absolute atomic E-state index is 12.3. The lowest BCUT2D eigenvalue weighted by atomic mass is 9.95. The maximum atomic E-state index is 12.3. The van der Waals surface area contributed by atoms with Gasteiger partial charge in [0.15, 0.2) is 0 Å². The Labute approximate surface area is 146 Å². The van der Waals surface area contributed by atoms with E-state index in [2.05, 4.69) is 19.8 Å². The van der Waals surface area contributed by atoms with Gasteiger partial charge in [0.2, 0.25) is 5.95 Å². The van der Waals surface area contributed by atoms with Gasteiger partial charge in [-0.15, -0.1) is 0 Å². The van der Waals surface area contributed by atoms with Crippen molar-refractivity contribution in [3.05, 3.63) is 57.8 Å². The summed E-state index contributed by atoms with van der Waals surface area (Å²) in [6, 6.07) is 1.72. The van der Waals surface area contributed by atoms with Crippen molar-refractivity contribution < 1.29 is 4.21 Å². The Morgan fingerprint density at radius 1 is 1.50 bits per heavy atom. The summed E-state index contributed by atoms with van der Waals surface area (Å²) in [6.45, 7) is 2.03.